The van der Waals surface area contributed by atoms with E-state index in [1.165, 1.54) is 49.7 Å². The Morgan fingerprint density at radius 1 is 1.14 bits per heavy atom. The van der Waals surface area contributed by atoms with Gasteiger partial charge in [0.25, 0.3) is 0 Å². The van der Waals surface area contributed by atoms with Crippen LogP contribution in [-0.2, 0) is 6.42 Å². The standard InChI is InChI=1S/C20H26O2/c1-19-8-7-16-15-4-3-14(21)10-12(15)2-5-17(16)20(19)9-6-13(11-20)18(19)22/h3-4,10,13,16-18,21-22H,2,5-9,11H2,1H3/t13-,16+,17+,18-,19+,20+/m0/s1. The number of benzene rings is 1. The molecule has 6 atom stereocenters. The normalized spacial score (nSPS) is 48.6. The number of phenolic OH excluding ortho intramolecular Hbond substituents is 1. The monoisotopic (exact) mass is 298 g/mol. The number of aromatic hydroxyl groups is 1. The molecule has 1 spiro atoms. The Kier molecular flexibility index (Phi) is 2.49. The van der Waals surface area contributed by atoms with Gasteiger partial charge in [-0.25, -0.2) is 0 Å². The molecular formula is C20H26O2. The summed E-state index contributed by atoms with van der Waals surface area (Å²) in [6, 6.07) is 6.03. The Labute approximate surface area is 132 Å². The minimum Gasteiger partial charge on any atom is -0.508 e. The summed E-state index contributed by atoms with van der Waals surface area (Å²) < 4.78 is 0. The van der Waals surface area contributed by atoms with Crippen LogP contribution in [0.25, 0.3) is 0 Å². The number of aliphatic hydroxyl groups is 1. The summed E-state index contributed by atoms with van der Waals surface area (Å²) in [5, 5.41) is 20.6. The van der Waals surface area contributed by atoms with Crippen molar-refractivity contribution in [2.45, 2.75) is 63.9 Å². The van der Waals surface area contributed by atoms with E-state index >= 15 is 0 Å². The molecule has 5 rings (SSSR count). The molecule has 2 N–H and O–H groups in total. The van der Waals surface area contributed by atoms with Gasteiger partial charge in [-0.05, 0) is 96.8 Å². The fourth-order valence-corrected chi connectivity index (χ4v) is 7.25. The lowest BCUT2D eigenvalue weighted by molar-refractivity contribution is -0.116. The highest BCUT2D eigenvalue weighted by molar-refractivity contribution is 5.41. The molecule has 0 amide bonds. The third kappa shape index (κ3) is 1.37. The Hall–Kier alpha value is -1.02. The lowest BCUT2D eigenvalue weighted by Gasteiger charge is -2.59. The molecular weight excluding hydrogens is 272 g/mol. The van der Waals surface area contributed by atoms with Crippen LogP contribution < -0.4 is 0 Å². The van der Waals surface area contributed by atoms with Gasteiger partial charge >= 0.3 is 0 Å². The molecule has 0 heterocycles. The summed E-state index contributed by atoms with van der Waals surface area (Å²) in [6.07, 6.45) is 8.50. The van der Waals surface area contributed by atoms with Crippen molar-refractivity contribution < 1.29 is 10.2 Å². The summed E-state index contributed by atoms with van der Waals surface area (Å²) in [6.45, 7) is 2.39. The SMILES string of the molecule is C[C@]12CC[C@@H]3c4ccc(O)cc4CC[C@H]3[C@]13CC[C@@H](C3)[C@@H]2O. The molecule has 3 fully saturated rings. The molecule has 3 saturated carbocycles. The first-order chi connectivity index (χ1) is 10.6. The van der Waals surface area contributed by atoms with Gasteiger partial charge in [0.1, 0.15) is 5.75 Å². The Morgan fingerprint density at radius 2 is 2.00 bits per heavy atom. The zero-order chi connectivity index (χ0) is 15.1. The van der Waals surface area contributed by atoms with Crippen LogP contribution in [0.2, 0.25) is 0 Å². The Bertz CT molecular complexity index is 639. The molecule has 0 radical (unpaired) electrons. The molecule has 22 heavy (non-hydrogen) atoms. The second-order valence-corrected chi connectivity index (χ2v) is 8.69. The van der Waals surface area contributed by atoms with Crippen molar-refractivity contribution in [3.05, 3.63) is 29.3 Å². The van der Waals surface area contributed by atoms with Crippen molar-refractivity contribution in [1.82, 2.24) is 0 Å². The van der Waals surface area contributed by atoms with E-state index in [2.05, 4.69) is 13.0 Å². The lowest BCUT2D eigenvalue weighted by Crippen LogP contribution is -2.53. The van der Waals surface area contributed by atoms with Crippen LogP contribution in [0.5, 0.6) is 5.75 Å². The first-order valence-electron chi connectivity index (χ1n) is 9.05. The number of hydrogen-bond donors (Lipinski definition) is 2. The largest absolute Gasteiger partial charge is 0.508 e. The van der Waals surface area contributed by atoms with Gasteiger partial charge in [-0.3, -0.25) is 0 Å². The van der Waals surface area contributed by atoms with Crippen LogP contribution in [0, 0.1) is 22.7 Å². The molecule has 1 aromatic rings. The van der Waals surface area contributed by atoms with Crippen LogP contribution in [0.4, 0.5) is 0 Å². The number of fused-ring (bicyclic) bond motifs is 4. The quantitative estimate of drug-likeness (QED) is 0.760. The molecule has 118 valence electrons. The van der Waals surface area contributed by atoms with Crippen LogP contribution in [-0.4, -0.2) is 16.3 Å². The molecule has 1 aromatic carbocycles. The third-order valence-corrected chi connectivity index (χ3v) is 8.25. The van der Waals surface area contributed by atoms with E-state index < -0.39 is 0 Å². The second kappa shape index (κ2) is 4.08. The van der Waals surface area contributed by atoms with Crippen molar-refractivity contribution in [3.8, 4) is 5.75 Å². The van der Waals surface area contributed by atoms with Gasteiger partial charge in [-0.15, -0.1) is 0 Å². The van der Waals surface area contributed by atoms with Crippen molar-refractivity contribution in [2.24, 2.45) is 22.7 Å². The maximum Gasteiger partial charge on any atom is 0.115 e. The van der Waals surface area contributed by atoms with E-state index in [1.54, 1.807) is 0 Å². The molecule has 0 unspecified atom stereocenters. The summed E-state index contributed by atoms with van der Waals surface area (Å²) in [5.74, 6) is 2.37. The highest BCUT2D eigenvalue weighted by Crippen LogP contribution is 2.74. The van der Waals surface area contributed by atoms with E-state index in [4.69, 9.17) is 0 Å². The smallest absolute Gasteiger partial charge is 0.115 e. The minimum absolute atomic E-state index is 0.0663. The highest BCUT2D eigenvalue weighted by atomic mass is 16.3. The van der Waals surface area contributed by atoms with Crippen LogP contribution in [0.1, 0.15) is 62.5 Å². The van der Waals surface area contributed by atoms with Gasteiger partial charge < -0.3 is 10.2 Å². The molecule has 2 bridgehead atoms. The first-order valence-corrected chi connectivity index (χ1v) is 9.05. The minimum atomic E-state index is -0.0663. The Balaban J connectivity index is 1.61. The van der Waals surface area contributed by atoms with E-state index in [1.807, 2.05) is 12.1 Å². The molecule has 4 aliphatic rings. The van der Waals surface area contributed by atoms with E-state index in [-0.39, 0.29) is 11.5 Å². The molecule has 4 aliphatic carbocycles. The molecule has 0 aliphatic heterocycles. The molecule has 2 nitrogen and oxygen atoms in total. The number of rotatable bonds is 0. The third-order valence-electron chi connectivity index (χ3n) is 8.25. The fraction of sp³-hybridized carbons (Fsp3) is 0.700. The van der Waals surface area contributed by atoms with Crippen LogP contribution in [0.15, 0.2) is 18.2 Å². The maximum absolute atomic E-state index is 10.9. The summed E-state index contributed by atoms with van der Waals surface area (Å²) in [5.41, 5.74) is 3.41. The van der Waals surface area contributed by atoms with Gasteiger partial charge in [-0.2, -0.15) is 0 Å². The van der Waals surface area contributed by atoms with Crippen molar-refractivity contribution in [3.63, 3.8) is 0 Å². The summed E-state index contributed by atoms with van der Waals surface area (Å²) >= 11 is 0. The summed E-state index contributed by atoms with van der Waals surface area (Å²) in [7, 11) is 0. The zero-order valence-electron chi connectivity index (χ0n) is 13.4. The first kappa shape index (κ1) is 13.4. The highest BCUT2D eigenvalue weighted by Gasteiger charge is 2.69. The van der Waals surface area contributed by atoms with Gasteiger partial charge in [0.2, 0.25) is 0 Å². The summed E-state index contributed by atoms with van der Waals surface area (Å²) in [4.78, 5) is 0. The average Bonchev–Trinajstić information content (AvgIpc) is 3.04. The van der Waals surface area contributed by atoms with Gasteiger partial charge in [-0.1, -0.05) is 13.0 Å². The predicted octanol–water partition coefficient (Wildman–Crippen LogP) is 4.00. The number of aliphatic hydroxyl groups excluding tert-OH is 1. The van der Waals surface area contributed by atoms with E-state index in [0.29, 0.717) is 23.0 Å². The molecule has 2 heteroatoms. The number of aryl methyl sites for hydroxylation is 1. The van der Waals surface area contributed by atoms with Crippen molar-refractivity contribution >= 4 is 0 Å². The second-order valence-electron chi connectivity index (χ2n) is 8.69. The predicted molar refractivity (Wildman–Crippen MR) is 85.8 cm³/mol. The molecule has 0 aromatic heterocycles. The van der Waals surface area contributed by atoms with E-state index in [9.17, 15) is 10.2 Å². The Morgan fingerprint density at radius 3 is 2.86 bits per heavy atom. The van der Waals surface area contributed by atoms with Gasteiger partial charge in [0, 0.05) is 0 Å². The van der Waals surface area contributed by atoms with Gasteiger partial charge in [0.15, 0.2) is 0 Å². The lowest BCUT2D eigenvalue weighted by atomic mass is 9.46. The topological polar surface area (TPSA) is 40.5 Å². The van der Waals surface area contributed by atoms with E-state index in [0.717, 1.165) is 12.3 Å². The number of hydrogen-bond acceptors (Lipinski definition) is 2. The van der Waals surface area contributed by atoms with Gasteiger partial charge in [0.05, 0.1) is 6.10 Å². The van der Waals surface area contributed by atoms with Crippen LogP contribution >= 0.6 is 0 Å². The average molecular weight is 298 g/mol. The molecule has 0 saturated heterocycles. The van der Waals surface area contributed by atoms with Crippen molar-refractivity contribution in [1.29, 1.82) is 0 Å². The fourth-order valence-electron chi connectivity index (χ4n) is 7.25. The van der Waals surface area contributed by atoms with Crippen molar-refractivity contribution in [2.75, 3.05) is 0 Å². The number of phenols is 1. The maximum atomic E-state index is 10.9. The zero-order valence-corrected chi connectivity index (χ0v) is 13.4. The van der Waals surface area contributed by atoms with Crippen LogP contribution in [0.3, 0.4) is 0 Å².